The van der Waals surface area contributed by atoms with Gasteiger partial charge in [0.2, 0.25) is 5.91 Å². The molecule has 26 heavy (non-hydrogen) atoms. The van der Waals surface area contributed by atoms with E-state index in [9.17, 15) is 19.8 Å². The Labute approximate surface area is 154 Å². The summed E-state index contributed by atoms with van der Waals surface area (Å²) in [5.41, 5.74) is 6.81. The maximum atomic E-state index is 12.3. The first-order valence-electron chi connectivity index (χ1n) is 7.97. The average Bonchev–Trinajstić information content (AvgIpc) is 2.89. The zero-order chi connectivity index (χ0) is 19.2. The Kier molecular flexibility index (Phi) is 4.66. The minimum Gasteiger partial charge on any atom is -0.477 e. The lowest BCUT2D eigenvalue weighted by molar-refractivity contribution is -0.161. The molecule has 0 radical (unpaired) electrons. The number of fused-ring (bicyclic) bond motifs is 1. The van der Waals surface area contributed by atoms with Crippen molar-refractivity contribution in [3.05, 3.63) is 46.9 Å². The van der Waals surface area contributed by atoms with Crippen molar-refractivity contribution in [1.29, 1.82) is 0 Å². The molecule has 3 unspecified atom stereocenters. The van der Waals surface area contributed by atoms with Crippen LogP contribution in [0.15, 0.2) is 36.3 Å². The number of nitrogens with two attached hydrogens (primary N) is 2. The van der Waals surface area contributed by atoms with Crippen molar-refractivity contribution < 1.29 is 19.8 Å². The number of anilines is 1. The molecule has 1 aromatic carbocycles. The van der Waals surface area contributed by atoms with E-state index >= 15 is 0 Å². The maximum Gasteiger partial charge on any atom is 0.352 e. The van der Waals surface area contributed by atoms with Crippen molar-refractivity contribution in [2.45, 2.75) is 25.5 Å². The zero-order valence-electron chi connectivity index (χ0n) is 14.0. The third-order valence-corrected chi connectivity index (χ3v) is 4.93. The highest BCUT2D eigenvalue weighted by molar-refractivity contribution is 6.31. The van der Waals surface area contributed by atoms with Crippen LogP contribution in [-0.4, -0.2) is 39.1 Å². The van der Waals surface area contributed by atoms with Crippen LogP contribution >= 0.6 is 11.6 Å². The van der Waals surface area contributed by atoms with Crippen LogP contribution < -0.4 is 16.6 Å². The Bertz CT molecular complexity index is 836. The predicted molar refractivity (Wildman–Crippen MR) is 96.4 cm³/mol. The molecule has 0 aliphatic carbocycles. The van der Waals surface area contributed by atoms with Gasteiger partial charge in [0.15, 0.2) is 0 Å². The van der Waals surface area contributed by atoms with Crippen LogP contribution in [0.2, 0.25) is 5.02 Å². The van der Waals surface area contributed by atoms with E-state index < -0.39 is 18.0 Å². The van der Waals surface area contributed by atoms with Crippen molar-refractivity contribution in [3.8, 4) is 0 Å². The summed E-state index contributed by atoms with van der Waals surface area (Å²) >= 11 is 6.17. The Morgan fingerprint density at radius 2 is 2.15 bits per heavy atom. The smallest absolute Gasteiger partial charge is 0.352 e. The highest BCUT2D eigenvalue weighted by atomic mass is 35.5. The number of hydrogen-bond acceptors (Lipinski definition) is 6. The topological polar surface area (TPSA) is 133 Å². The van der Waals surface area contributed by atoms with Gasteiger partial charge in [0.25, 0.3) is 0 Å². The van der Waals surface area contributed by atoms with Crippen LogP contribution in [0.3, 0.4) is 0 Å². The molecule has 1 fully saturated rings. The average molecular weight is 379 g/mol. The first-order chi connectivity index (χ1) is 12.3. The summed E-state index contributed by atoms with van der Waals surface area (Å²) in [6.45, 7) is 1.53. The molecule has 1 aromatic rings. The number of β-lactam (4-membered cyclic amide) rings is 1. The van der Waals surface area contributed by atoms with Gasteiger partial charge in [0.1, 0.15) is 5.70 Å². The van der Waals surface area contributed by atoms with Gasteiger partial charge in [-0.05, 0) is 42.7 Å². The normalized spacial score (nSPS) is 23.2. The van der Waals surface area contributed by atoms with Crippen LogP contribution in [0, 0.1) is 5.92 Å². The summed E-state index contributed by atoms with van der Waals surface area (Å²) < 4.78 is 0. The third-order valence-electron chi connectivity index (χ3n) is 4.71. The third kappa shape index (κ3) is 2.82. The number of hydrazine groups is 1. The van der Waals surface area contributed by atoms with Crippen molar-refractivity contribution in [2.75, 3.05) is 5.01 Å². The number of carbonyl (C=O) groups is 2. The summed E-state index contributed by atoms with van der Waals surface area (Å²) in [6, 6.07) is 4.54. The minimum atomic E-state index is -1.20. The van der Waals surface area contributed by atoms with Gasteiger partial charge in [0, 0.05) is 17.4 Å². The summed E-state index contributed by atoms with van der Waals surface area (Å²) in [5, 5.41) is 21.1. The maximum absolute atomic E-state index is 12.3. The van der Waals surface area contributed by atoms with Gasteiger partial charge in [-0.15, -0.1) is 0 Å². The Balaban J connectivity index is 2.06. The Hall–Kier alpha value is -2.55. The van der Waals surface area contributed by atoms with Crippen LogP contribution in [0.4, 0.5) is 5.69 Å². The molecule has 3 atom stereocenters. The fourth-order valence-corrected chi connectivity index (χ4v) is 3.83. The highest BCUT2D eigenvalue weighted by Gasteiger charge is 2.56. The van der Waals surface area contributed by atoms with Crippen molar-refractivity contribution in [3.63, 3.8) is 0 Å². The standard InChI is InChI=1S/C17H19ClN4O4/c1-8(23)14-13-7-12(15(17(25)26)22(13)16(14)24)9-4-10(18)6-11(5-9)21(20)3-2-19/h2-6,8,13-14,23H,7,19-20H2,1H3,(H,25,26)/b3-2-. The number of aliphatic hydroxyl groups is 1. The number of halogens is 1. The van der Waals surface area contributed by atoms with Gasteiger partial charge in [-0.1, -0.05) is 11.6 Å². The molecule has 2 heterocycles. The van der Waals surface area contributed by atoms with Crippen LogP contribution in [0.1, 0.15) is 18.9 Å². The largest absolute Gasteiger partial charge is 0.477 e. The molecule has 2 aliphatic rings. The summed E-state index contributed by atoms with van der Waals surface area (Å²) in [7, 11) is 0. The molecule has 9 heteroatoms. The van der Waals surface area contributed by atoms with Crippen molar-refractivity contribution in [2.24, 2.45) is 17.5 Å². The molecule has 8 nitrogen and oxygen atoms in total. The molecule has 1 amide bonds. The summed E-state index contributed by atoms with van der Waals surface area (Å²) in [6.07, 6.45) is 2.16. The summed E-state index contributed by atoms with van der Waals surface area (Å²) in [5.74, 6) is 3.68. The highest BCUT2D eigenvalue weighted by Crippen LogP contribution is 2.47. The molecule has 2 aliphatic heterocycles. The molecule has 1 saturated heterocycles. The number of carbonyl (C=O) groups excluding carboxylic acids is 1. The second-order valence-corrected chi connectivity index (χ2v) is 6.76. The molecule has 138 valence electrons. The number of carboxylic acid groups (broad SMARTS) is 1. The van der Waals surface area contributed by atoms with E-state index in [1.165, 1.54) is 29.2 Å². The van der Waals surface area contributed by atoms with Gasteiger partial charge in [0.05, 0.1) is 23.8 Å². The second-order valence-electron chi connectivity index (χ2n) is 6.33. The van der Waals surface area contributed by atoms with E-state index in [0.717, 1.165) is 0 Å². The van der Waals surface area contributed by atoms with Gasteiger partial charge in [-0.2, -0.15) is 0 Å². The second kappa shape index (κ2) is 6.64. The molecule has 3 rings (SSSR count). The number of nitrogens with zero attached hydrogens (tertiary/aromatic N) is 2. The predicted octanol–water partition coefficient (Wildman–Crippen LogP) is 0.857. The lowest BCUT2D eigenvalue weighted by Gasteiger charge is -2.44. The zero-order valence-corrected chi connectivity index (χ0v) is 14.7. The lowest BCUT2D eigenvalue weighted by Crippen LogP contribution is -2.61. The molecule has 0 aromatic heterocycles. The van der Waals surface area contributed by atoms with E-state index in [1.807, 2.05) is 0 Å². The SMILES string of the molecule is CC(O)C1C(=O)N2C(C(=O)O)=C(c3cc(Cl)cc(N(N)/C=C\N)c3)CC12. The van der Waals surface area contributed by atoms with Crippen molar-refractivity contribution >= 4 is 34.7 Å². The van der Waals surface area contributed by atoms with Gasteiger partial charge in [-0.25, -0.2) is 10.6 Å². The first kappa shape index (κ1) is 18.2. The van der Waals surface area contributed by atoms with Gasteiger partial charge >= 0.3 is 5.97 Å². The number of hydrogen-bond donors (Lipinski definition) is 4. The van der Waals surface area contributed by atoms with E-state index in [-0.39, 0.29) is 17.6 Å². The Morgan fingerprint density at radius 1 is 1.46 bits per heavy atom. The Morgan fingerprint density at radius 3 is 2.73 bits per heavy atom. The molecule has 0 bridgehead atoms. The molecule has 0 spiro atoms. The molecule has 6 N–H and O–H groups in total. The van der Waals surface area contributed by atoms with Gasteiger partial charge in [-0.3, -0.25) is 9.80 Å². The quantitative estimate of drug-likeness (QED) is 0.339. The number of amides is 1. The summed E-state index contributed by atoms with van der Waals surface area (Å²) in [4.78, 5) is 25.3. The van der Waals surface area contributed by atoms with E-state index in [4.69, 9.17) is 23.2 Å². The number of aliphatic hydroxyl groups excluding tert-OH is 1. The van der Waals surface area contributed by atoms with E-state index in [0.29, 0.717) is 28.3 Å². The lowest BCUT2D eigenvalue weighted by atomic mass is 9.82. The monoisotopic (exact) mass is 378 g/mol. The number of carboxylic acids is 1. The number of benzene rings is 1. The molecular weight excluding hydrogens is 360 g/mol. The van der Waals surface area contributed by atoms with Crippen LogP contribution in [-0.2, 0) is 9.59 Å². The number of rotatable bonds is 5. The van der Waals surface area contributed by atoms with Crippen LogP contribution in [0.25, 0.3) is 5.57 Å². The minimum absolute atomic E-state index is 0.0805. The van der Waals surface area contributed by atoms with E-state index in [2.05, 4.69) is 0 Å². The molecule has 0 saturated carbocycles. The fraction of sp³-hybridized carbons (Fsp3) is 0.294. The van der Waals surface area contributed by atoms with Crippen LogP contribution in [0.5, 0.6) is 0 Å². The van der Waals surface area contributed by atoms with Gasteiger partial charge < -0.3 is 20.8 Å². The van der Waals surface area contributed by atoms with Crippen molar-refractivity contribution in [1.82, 2.24) is 4.90 Å². The fourth-order valence-electron chi connectivity index (χ4n) is 3.60. The van der Waals surface area contributed by atoms with E-state index in [1.54, 1.807) is 18.2 Å². The molecular formula is C17H19ClN4O4. The first-order valence-corrected chi connectivity index (χ1v) is 8.35. The number of aliphatic carboxylic acids is 1.